The molecular weight excluding hydrogens is 316 g/mol. The molecule has 0 spiro atoms. The van der Waals surface area contributed by atoms with Gasteiger partial charge in [0.25, 0.3) is 5.91 Å². The second-order valence-electron chi connectivity index (χ2n) is 6.41. The first-order valence-electron chi connectivity index (χ1n) is 8.46. The van der Waals surface area contributed by atoms with Gasteiger partial charge in [-0.1, -0.05) is 29.8 Å². The summed E-state index contributed by atoms with van der Waals surface area (Å²) in [5.41, 5.74) is 2.21. The van der Waals surface area contributed by atoms with Crippen molar-refractivity contribution in [3.8, 4) is 11.5 Å². The SMILES string of the molecule is Cc1ccc(OCCN2C[C@H](C(=O)N(C)C)Oc3ccccc32)cc1. The largest absolute Gasteiger partial charge is 0.492 e. The van der Waals surface area contributed by atoms with Gasteiger partial charge in [-0.25, -0.2) is 0 Å². The number of benzene rings is 2. The second kappa shape index (κ2) is 7.47. The molecule has 5 nitrogen and oxygen atoms in total. The molecule has 0 N–H and O–H groups in total. The highest BCUT2D eigenvalue weighted by Gasteiger charge is 2.31. The van der Waals surface area contributed by atoms with E-state index in [1.54, 1.807) is 19.0 Å². The van der Waals surface area contributed by atoms with Crippen LogP contribution in [-0.2, 0) is 4.79 Å². The van der Waals surface area contributed by atoms with Crippen LogP contribution in [0.1, 0.15) is 5.56 Å². The van der Waals surface area contributed by atoms with Gasteiger partial charge in [0.15, 0.2) is 6.10 Å². The van der Waals surface area contributed by atoms with Crippen molar-refractivity contribution in [2.45, 2.75) is 13.0 Å². The van der Waals surface area contributed by atoms with Gasteiger partial charge in [-0.3, -0.25) is 4.79 Å². The van der Waals surface area contributed by atoms with Crippen molar-refractivity contribution >= 4 is 11.6 Å². The van der Waals surface area contributed by atoms with Crippen LogP contribution in [0.3, 0.4) is 0 Å². The van der Waals surface area contributed by atoms with Crippen molar-refractivity contribution in [3.63, 3.8) is 0 Å². The van der Waals surface area contributed by atoms with Crippen LogP contribution in [0.4, 0.5) is 5.69 Å². The fraction of sp³-hybridized carbons (Fsp3) is 0.350. The van der Waals surface area contributed by atoms with Crippen molar-refractivity contribution in [1.82, 2.24) is 4.90 Å². The molecule has 3 rings (SSSR count). The molecule has 0 aliphatic carbocycles. The fourth-order valence-corrected chi connectivity index (χ4v) is 2.84. The number of nitrogens with zero attached hydrogens (tertiary/aromatic N) is 2. The average Bonchev–Trinajstić information content (AvgIpc) is 2.62. The summed E-state index contributed by atoms with van der Waals surface area (Å²) in [6, 6.07) is 15.8. The molecule has 0 unspecified atom stereocenters. The van der Waals surface area contributed by atoms with Gasteiger partial charge in [0, 0.05) is 14.1 Å². The minimum absolute atomic E-state index is 0.0287. The molecule has 2 aromatic carbocycles. The van der Waals surface area contributed by atoms with Gasteiger partial charge in [-0.05, 0) is 31.2 Å². The minimum Gasteiger partial charge on any atom is -0.492 e. The standard InChI is InChI=1S/C20H24N2O3/c1-15-8-10-16(11-9-15)24-13-12-22-14-19(20(23)21(2)3)25-18-7-5-4-6-17(18)22/h4-11,19H,12-14H2,1-3H3/t19-/m1/s1. The molecule has 5 heteroatoms. The number of ether oxygens (including phenoxy) is 2. The molecule has 132 valence electrons. The Labute approximate surface area is 148 Å². The lowest BCUT2D eigenvalue weighted by Crippen LogP contribution is -2.49. The first-order chi connectivity index (χ1) is 12.0. The number of hydrogen-bond donors (Lipinski definition) is 0. The molecule has 25 heavy (non-hydrogen) atoms. The predicted octanol–water partition coefficient (Wildman–Crippen LogP) is 2.73. The molecule has 1 aliphatic rings. The van der Waals surface area contributed by atoms with Crippen molar-refractivity contribution in [1.29, 1.82) is 0 Å². The van der Waals surface area contributed by atoms with E-state index in [2.05, 4.69) is 11.8 Å². The van der Waals surface area contributed by atoms with Crippen molar-refractivity contribution in [2.24, 2.45) is 0 Å². The normalized spacial score (nSPS) is 16.0. The molecule has 0 radical (unpaired) electrons. The van der Waals surface area contributed by atoms with Gasteiger partial charge in [-0.15, -0.1) is 0 Å². The number of anilines is 1. The van der Waals surface area contributed by atoms with Crippen LogP contribution in [0.15, 0.2) is 48.5 Å². The summed E-state index contributed by atoms with van der Waals surface area (Å²) in [4.78, 5) is 16.0. The average molecular weight is 340 g/mol. The number of fused-ring (bicyclic) bond motifs is 1. The van der Waals surface area contributed by atoms with E-state index in [1.807, 2.05) is 48.5 Å². The first-order valence-corrected chi connectivity index (χ1v) is 8.46. The molecule has 0 fully saturated rings. The van der Waals surface area contributed by atoms with Gasteiger partial charge >= 0.3 is 0 Å². The number of rotatable bonds is 5. The molecule has 1 atom stereocenters. The van der Waals surface area contributed by atoms with Crippen LogP contribution in [0.2, 0.25) is 0 Å². The zero-order chi connectivity index (χ0) is 17.8. The molecule has 0 saturated carbocycles. The number of carbonyl (C=O) groups excluding carboxylic acids is 1. The van der Waals surface area contributed by atoms with E-state index in [1.165, 1.54) is 5.56 Å². The molecule has 1 heterocycles. The Bertz CT molecular complexity index is 728. The van der Waals surface area contributed by atoms with Crippen molar-refractivity contribution < 1.29 is 14.3 Å². The molecule has 0 saturated heterocycles. The van der Waals surface area contributed by atoms with Crippen LogP contribution >= 0.6 is 0 Å². The predicted molar refractivity (Wildman–Crippen MR) is 98.4 cm³/mol. The van der Waals surface area contributed by atoms with E-state index in [4.69, 9.17) is 9.47 Å². The summed E-state index contributed by atoms with van der Waals surface area (Å²) in [5.74, 6) is 1.57. The highest BCUT2D eigenvalue weighted by atomic mass is 16.5. The highest BCUT2D eigenvalue weighted by Crippen LogP contribution is 2.33. The zero-order valence-electron chi connectivity index (χ0n) is 14.9. The Morgan fingerprint density at radius 2 is 1.92 bits per heavy atom. The smallest absolute Gasteiger partial charge is 0.265 e. The monoisotopic (exact) mass is 340 g/mol. The van der Waals surface area contributed by atoms with E-state index < -0.39 is 6.10 Å². The Balaban J connectivity index is 1.68. The quantitative estimate of drug-likeness (QED) is 0.839. The molecule has 0 bridgehead atoms. The molecule has 1 aliphatic heterocycles. The first kappa shape index (κ1) is 17.1. The second-order valence-corrected chi connectivity index (χ2v) is 6.41. The molecule has 0 aromatic heterocycles. The summed E-state index contributed by atoms with van der Waals surface area (Å²) in [5, 5.41) is 0. The van der Waals surface area contributed by atoms with Crippen LogP contribution in [-0.4, -0.2) is 50.7 Å². The topological polar surface area (TPSA) is 42.0 Å². The fourth-order valence-electron chi connectivity index (χ4n) is 2.84. The van der Waals surface area contributed by atoms with Gasteiger partial charge in [-0.2, -0.15) is 0 Å². The van der Waals surface area contributed by atoms with Gasteiger partial charge in [0.2, 0.25) is 0 Å². The van der Waals surface area contributed by atoms with Crippen molar-refractivity contribution in [3.05, 3.63) is 54.1 Å². The van der Waals surface area contributed by atoms with Crippen LogP contribution in [0, 0.1) is 6.92 Å². The minimum atomic E-state index is -0.496. The Kier molecular flexibility index (Phi) is 5.12. The van der Waals surface area contributed by atoms with E-state index in [0.29, 0.717) is 19.7 Å². The van der Waals surface area contributed by atoms with Gasteiger partial charge in [0.05, 0.1) is 18.8 Å². The summed E-state index contributed by atoms with van der Waals surface area (Å²) in [7, 11) is 3.49. The third-order valence-corrected chi connectivity index (χ3v) is 4.23. The Morgan fingerprint density at radius 3 is 2.64 bits per heavy atom. The summed E-state index contributed by atoms with van der Waals surface area (Å²) in [6.45, 7) is 3.80. The lowest BCUT2D eigenvalue weighted by Gasteiger charge is -2.36. The third-order valence-electron chi connectivity index (χ3n) is 4.23. The lowest BCUT2D eigenvalue weighted by atomic mass is 10.1. The molecule has 2 aromatic rings. The summed E-state index contributed by atoms with van der Waals surface area (Å²) >= 11 is 0. The van der Waals surface area contributed by atoms with Crippen molar-refractivity contribution in [2.75, 3.05) is 38.7 Å². The van der Waals surface area contributed by atoms with Crippen LogP contribution in [0.25, 0.3) is 0 Å². The number of hydrogen-bond acceptors (Lipinski definition) is 4. The number of carbonyl (C=O) groups is 1. The van der Waals surface area contributed by atoms with Crippen LogP contribution in [0.5, 0.6) is 11.5 Å². The zero-order valence-corrected chi connectivity index (χ0v) is 14.9. The summed E-state index contributed by atoms with van der Waals surface area (Å²) in [6.07, 6.45) is -0.496. The number of aryl methyl sites for hydroxylation is 1. The number of para-hydroxylation sites is 2. The van der Waals surface area contributed by atoms with Crippen LogP contribution < -0.4 is 14.4 Å². The maximum atomic E-state index is 12.3. The van der Waals surface area contributed by atoms with E-state index in [-0.39, 0.29) is 5.91 Å². The van der Waals surface area contributed by atoms with E-state index in [0.717, 1.165) is 17.2 Å². The lowest BCUT2D eigenvalue weighted by molar-refractivity contribution is -0.136. The third kappa shape index (κ3) is 4.05. The highest BCUT2D eigenvalue weighted by molar-refractivity contribution is 5.83. The Morgan fingerprint density at radius 1 is 1.20 bits per heavy atom. The van der Waals surface area contributed by atoms with Gasteiger partial charge < -0.3 is 19.3 Å². The maximum Gasteiger partial charge on any atom is 0.265 e. The van der Waals surface area contributed by atoms with Gasteiger partial charge in [0.1, 0.15) is 18.1 Å². The molecule has 1 amide bonds. The Hall–Kier alpha value is -2.69. The number of likely N-dealkylation sites (N-methyl/N-ethyl adjacent to an activating group) is 1. The summed E-state index contributed by atoms with van der Waals surface area (Å²) < 4.78 is 11.7. The van der Waals surface area contributed by atoms with E-state index >= 15 is 0 Å². The number of amides is 1. The molecular formula is C20H24N2O3. The maximum absolute atomic E-state index is 12.3. The van der Waals surface area contributed by atoms with E-state index in [9.17, 15) is 4.79 Å².